The Balaban J connectivity index is 2.03. The second-order valence-electron chi connectivity index (χ2n) is 6.59. The van der Waals surface area contributed by atoms with Crippen molar-refractivity contribution in [3.8, 4) is 0 Å². The minimum Gasteiger partial charge on any atom is -0.477 e. The van der Waals surface area contributed by atoms with Crippen LogP contribution in [0.5, 0.6) is 0 Å². The molecule has 1 heterocycles. The molecular formula is C20H18F3NO2. The van der Waals surface area contributed by atoms with Crippen LogP contribution in [0.15, 0.2) is 48.5 Å². The van der Waals surface area contributed by atoms with Gasteiger partial charge in [0.05, 0.1) is 5.56 Å². The Bertz CT molecular complexity index is 954. The molecule has 3 rings (SSSR count). The van der Waals surface area contributed by atoms with E-state index in [0.29, 0.717) is 11.5 Å². The molecule has 1 aromatic heterocycles. The van der Waals surface area contributed by atoms with Gasteiger partial charge in [0.25, 0.3) is 0 Å². The van der Waals surface area contributed by atoms with Gasteiger partial charge in [-0.05, 0) is 47.4 Å². The number of aromatic carboxylic acids is 1. The molecule has 0 unspecified atom stereocenters. The van der Waals surface area contributed by atoms with Gasteiger partial charge < -0.3 is 9.67 Å². The number of hydrogen-bond donors (Lipinski definition) is 1. The summed E-state index contributed by atoms with van der Waals surface area (Å²) >= 11 is 0. The lowest BCUT2D eigenvalue weighted by atomic mass is 10.0. The van der Waals surface area contributed by atoms with Crippen LogP contribution in [0, 0.1) is 0 Å². The van der Waals surface area contributed by atoms with Crippen molar-refractivity contribution in [2.24, 2.45) is 0 Å². The summed E-state index contributed by atoms with van der Waals surface area (Å²) in [5.41, 5.74) is 1.83. The van der Waals surface area contributed by atoms with Crippen LogP contribution in [0.1, 0.15) is 46.9 Å². The molecule has 0 spiro atoms. The highest BCUT2D eigenvalue weighted by molar-refractivity contribution is 5.95. The molecule has 136 valence electrons. The van der Waals surface area contributed by atoms with E-state index in [9.17, 15) is 23.1 Å². The van der Waals surface area contributed by atoms with Gasteiger partial charge in [-0.1, -0.05) is 32.0 Å². The van der Waals surface area contributed by atoms with Crippen molar-refractivity contribution in [2.45, 2.75) is 32.5 Å². The van der Waals surface area contributed by atoms with Gasteiger partial charge in [-0.3, -0.25) is 0 Å². The number of hydrogen-bond acceptors (Lipinski definition) is 1. The zero-order valence-electron chi connectivity index (χ0n) is 14.3. The van der Waals surface area contributed by atoms with Gasteiger partial charge >= 0.3 is 12.1 Å². The minimum absolute atomic E-state index is 0.112. The molecular weight excluding hydrogens is 343 g/mol. The van der Waals surface area contributed by atoms with Gasteiger partial charge in [-0.25, -0.2) is 4.79 Å². The number of aromatic nitrogens is 1. The number of alkyl halides is 3. The lowest BCUT2D eigenvalue weighted by Crippen LogP contribution is -2.10. The first-order valence-electron chi connectivity index (χ1n) is 8.19. The van der Waals surface area contributed by atoms with Gasteiger partial charge in [0, 0.05) is 17.4 Å². The molecule has 0 aliphatic carbocycles. The SMILES string of the molecule is CC(C)c1ccc2c(c1)cc(C(=O)O)n2Cc1ccc(C(F)(F)F)cc1. The first-order valence-corrected chi connectivity index (χ1v) is 8.19. The van der Waals surface area contributed by atoms with E-state index in [2.05, 4.69) is 13.8 Å². The monoisotopic (exact) mass is 361 g/mol. The van der Waals surface area contributed by atoms with Crippen molar-refractivity contribution < 1.29 is 23.1 Å². The zero-order chi connectivity index (χ0) is 19.1. The second-order valence-corrected chi connectivity index (χ2v) is 6.59. The number of nitrogens with zero attached hydrogens (tertiary/aromatic N) is 1. The van der Waals surface area contributed by atoms with Crippen LogP contribution in [0.2, 0.25) is 0 Å². The van der Waals surface area contributed by atoms with Gasteiger partial charge in [0.2, 0.25) is 0 Å². The molecule has 0 aliphatic rings. The molecule has 0 atom stereocenters. The number of rotatable bonds is 4. The lowest BCUT2D eigenvalue weighted by molar-refractivity contribution is -0.137. The predicted octanol–water partition coefficient (Wildman–Crippen LogP) is 5.53. The summed E-state index contributed by atoms with van der Waals surface area (Å²) in [5.74, 6) is -0.759. The van der Waals surface area contributed by atoms with Gasteiger partial charge in [-0.2, -0.15) is 13.2 Å². The smallest absolute Gasteiger partial charge is 0.416 e. The Morgan fingerprint density at radius 2 is 1.73 bits per heavy atom. The van der Waals surface area contributed by atoms with Crippen molar-refractivity contribution in [1.29, 1.82) is 0 Å². The lowest BCUT2D eigenvalue weighted by Gasteiger charge is -2.11. The van der Waals surface area contributed by atoms with Crippen molar-refractivity contribution in [2.75, 3.05) is 0 Å². The molecule has 0 saturated heterocycles. The van der Waals surface area contributed by atoms with E-state index >= 15 is 0 Å². The number of carboxylic acids is 1. The van der Waals surface area contributed by atoms with Gasteiger partial charge in [0.15, 0.2) is 0 Å². The molecule has 6 heteroatoms. The van der Waals surface area contributed by atoms with Crippen LogP contribution < -0.4 is 0 Å². The number of benzene rings is 2. The van der Waals surface area contributed by atoms with Gasteiger partial charge in [-0.15, -0.1) is 0 Å². The van der Waals surface area contributed by atoms with Crippen molar-refractivity contribution in [3.05, 3.63) is 70.9 Å². The van der Waals surface area contributed by atoms with Crippen molar-refractivity contribution in [1.82, 2.24) is 4.57 Å². The first-order chi connectivity index (χ1) is 12.2. The maximum absolute atomic E-state index is 12.7. The average Bonchev–Trinajstić information content (AvgIpc) is 2.92. The van der Waals surface area contributed by atoms with E-state index in [1.807, 2.05) is 18.2 Å². The third kappa shape index (κ3) is 3.45. The van der Waals surface area contributed by atoms with Crippen molar-refractivity contribution >= 4 is 16.9 Å². The average molecular weight is 361 g/mol. The topological polar surface area (TPSA) is 42.2 Å². The molecule has 1 N–H and O–H groups in total. The van der Waals surface area contributed by atoms with E-state index in [-0.39, 0.29) is 12.2 Å². The Labute approximate surface area is 148 Å². The number of carboxylic acid groups (broad SMARTS) is 1. The number of fused-ring (bicyclic) bond motifs is 1. The third-order valence-corrected chi connectivity index (χ3v) is 4.43. The van der Waals surface area contributed by atoms with Gasteiger partial charge in [0.1, 0.15) is 5.69 Å². The maximum atomic E-state index is 12.7. The molecule has 0 fully saturated rings. The third-order valence-electron chi connectivity index (χ3n) is 4.43. The molecule has 0 bridgehead atoms. The fraction of sp³-hybridized carbons (Fsp3) is 0.250. The zero-order valence-corrected chi connectivity index (χ0v) is 14.3. The predicted molar refractivity (Wildman–Crippen MR) is 93.5 cm³/mol. The number of carbonyl (C=O) groups is 1. The fourth-order valence-electron chi connectivity index (χ4n) is 2.98. The summed E-state index contributed by atoms with van der Waals surface area (Å²) in [6, 6.07) is 12.1. The molecule has 0 saturated carbocycles. The molecule has 0 amide bonds. The quantitative estimate of drug-likeness (QED) is 0.664. The van der Waals surface area contributed by atoms with Crippen molar-refractivity contribution in [3.63, 3.8) is 0 Å². The first kappa shape index (κ1) is 18.0. The Kier molecular flexibility index (Phi) is 4.52. The Morgan fingerprint density at radius 1 is 1.08 bits per heavy atom. The van der Waals surface area contributed by atoms with E-state index in [0.717, 1.165) is 28.6 Å². The summed E-state index contributed by atoms with van der Waals surface area (Å²) in [6.07, 6.45) is -4.39. The standard InChI is InChI=1S/C20H18F3NO2/c1-12(2)14-5-8-17-15(9-14)10-18(19(25)26)24(17)11-13-3-6-16(7-4-13)20(21,22)23/h3-10,12H,11H2,1-2H3,(H,25,26). The fourth-order valence-corrected chi connectivity index (χ4v) is 2.98. The van der Waals surface area contributed by atoms with Crippen LogP contribution in [0.3, 0.4) is 0 Å². The highest BCUT2D eigenvalue weighted by Gasteiger charge is 2.30. The van der Waals surface area contributed by atoms with E-state index in [1.165, 1.54) is 12.1 Å². The van der Waals surface area contributed by atoms with Crippen LogP contribution in [-0.4, -0.2) is 15.6 Å². The largest absolute Gasteiger partial charge is 0.477 e. The summed E-state index contributed by atoms with van der Waals surface area (Å²) in [7, 11) is 0. The van der Waals surface area contributed by atoms with E-state index in [4.69, 9.17) is 0 Å². The normalized spacial score (nSPS) is 12.1. The minimum atomic E-state index is -4.39. The Morgan fingerprint density at radius 3 is 2.27 bits per heavy atom. The molecule has 3 nitrogen and oxygen atoms in total. The number of halogens is 3. The summed E-state index contributed by atoms with van der Waals surface area (Å²) in [6.45, 7) is 4.29. The summed E-state index contributed by atoms with van der Waals surface area (Å²) in [4.78, 5) is 11.6. The van der Waals surface area contributed by atoms with Crippen LogP contribution in [0.25, 0.3) is 10.9 Å². The highest BCUT2D eigenvalue weighted by atomic mass is 19.4. The molecule has 0 radical (unpaired) electrons. The summed E-state index contributed by atoms with van der Waals surface area (Å²) in [5, 5.41) is 10.3. The highest BCUT2D eigenvalue weighted by Crippen LogP contribution is 2.30. The molecule has 0 aliphatic heterocycles. The van der Waals surface area contributed by atoms with Crippen LogP contribution >= 0.6 is 0 Å². The molecule has 3 aromatic rings. The molecule has 2 aromatic carbocycles. The van der Waals surface area contributed by atoms with Crippen LogP contribution in [-0.2, 0) is 12.7 Å². The molecule has 26 heavy (non-hydrogen) atoms. The maximum Gasteiger partial charge on any atom is 0.416 e. The van der Waals surface area contributed by atoms with Crippen LogP contribution in [0.4, 0.5) is 13.2 Å². The van der Waals surface area contributed by atoms with E-state index in [1.54, 1.807) is 10.6 Å². The van der Waals surface area contributed by atoms with E-state index < -0.39 is 17.7 Å². The summed E-state index contributed by atoms with van der Waals surface area (Å²) < 4.78 is 39.7. The Hall–Kier alpha value is -2.76. The second kappa shape index (κ2) is 6.52.